The van der Waals surface area contributed by atoms with Gasteiger partial charge in [0, 0.05) is 36.7 Å². The summed E-state index contributed by atoms with van der Waals surface area (Å²) in [5.74, 6) is -4.57. The molecule has 0 spiro atoms. The lowest BCUT2D eigenvalue weighted by molar-refractivity contribution is -0.161. The molecule has 4 heterocycles. The SMILES string of the molecule is CC(C)(O/N=C(\C(=O)C[C@@H]1C(=O)N[C@@H]1CNC(=O)c1cc(-c2cc(=O)c(O)c[nH]2)no1)c1csc(N)n1)C(=O)O. The number of hydrogen-bond acceptors (Lipinski definition) is 13. The molecular formula is C23H23N7O9S. The Hall–Kier alpha value is -5.06. The lowest BCUT2D eigenvalue weighted by Crippen LogP contribution is -2.62. The van der Waals surface area contributed by atoms with Crippen molar-refractivity contribution in [3.63, 3.8) is 0 Å². The second kappa shape index (κ2) is 11.0. The normalized spacial score (nSPS) is 17.1. The number of carboxylic acid groups (broad SMARTS) is 1. The lowest BCUT2D eigenvalue weighted by atomic mass is 9.84. The monoisotopic (exact) mass is 573 g/mol. The third-order valence-electron chi connectivity index (χ3n) is 5.85. The van der Waals surface area contributed by atoms with E-state index in [0.717, 1.165) is 23.6 Å². The molecule has 1 aliphatic rings. The number of aromatic nitrogens is 3. The molecule has 2 amide bonds. The number of β-lactam (4-membered cyclic amide) rings is 1. The number of H-pyrrole nitrogens is 1. The van der Waals surface area contributed by atoms with Crippen LogP contribution in [0.1, 0.15) is 36.5 Å². The van der Waals surface area contributed by atoms with Crippen LogP contribution in [-0.4, -0.2) is 72.8 Å². The van der Waals surface area contributed by atoms with Crippen LogP contribution in [0.5, 0.6) is 5.75 Å². The summed E-state index contributed by atoms with van der Waals surface area (Å²) in [6, 6.07) is 1.75. The van der Waals surface area contributed by atoms with E-state index in [1.807, 2.05) is 0 Å². The predicted molar refractivity (Wildman–Crippen MR) is 137 cm³/mol. The Balaban J connectivity index is 1.40. The molecule has 3 aromatic rings. The molecule has 0 aliphatic carbocycles. The van der Waals surface area contributed by atoms with Gasteiger partial charge in [0.1, 0.15) is 11.4 Å². The molecule has 0 unspecified atom stereocenters. The highest BCUT2D eigenvalue weighted by atomic mass is 32.1. The number of amides is 2. The van der Waals surface area contributed by atoms with E-state index >= 15 is 0 Å². The number of nitrogens with two attached hydrogens (primary N) is 1. The fraction of sp³-hybridized carbons (Fsp3) is 0.304. The Bertz CT molecular complexity index is 1570. The first-order chi connectivity index (χ1) is 18.9. The van der Waals surface area contributed by atoms with Gasteiger partial charge in [0.25, 0.3) is 5.91 Å². The molecule has 17 heteroatoms. The number of nitrogen functional groups attached to an aromatic ring is 1. The quantitative estimate of drug-likeness (QED) is 0.0996. The lowest BCUT2D eigenvalue weighted by Gasteiger charge is -2.36. The van der Waals surface area contributed by atoms with Crippen LogP contribution in [-0.2, 0) is 19.2 Å². The van der Waals surface area contributed by atoms with Crippen LogP contribution in [0.2, 0.25) is 0 Å². The summed E-state index contributed by atoms with van der Waals surface area (Å²) in [5.41, 5.74) is 3.39. The number of carboxylic acids is 1. The molecule has 0 saturated carbocycles. The summed E-state index contributed by atoms with van der Waals surface area (Å²) in [4.78, 5) is 72.6. The van der Waals surface area contributed by atoms with E-state index in [1.54, 1.807) is 0 Å². The number of nitrogens with zero attached hydrogens (tertiary/aromatic N) is 3. The Morgan fingerprint density at radius 1 is 1.30 bits per heavy atom. The molecule has 0 radical (unpaired) electrons. The maximum absolute atomic E-state index is 13.1. The van der Waals surface area contributed by atoms with E-state index in [0.29, 0.717) is 0 Å². The van der Waals surface area contributed by atoms with Gasteiger partial charge in [0.05, 0.1) is 17.7 Å². The van der Waals surface area contributed by atoms with Gasteiger partial charge in [-0.05, 0) is 13.8 Å². The highest BCUT2D eigenvalue weighted by molar-refractivity contribution is 7.13. The highest BCUT2D eigenvalue weighted by Gasteiger charge is 2.42. The third-order valence-corrected chi connectivity index (χ3v) is 6.52. The van der Waals surface area contributed by atoms with Crippen molar-refractivity contribution in [2.45, 2.75) is 31.9 Å². The summed E-state index contributed by atoms with van der Waals surface area (Å²) in [6.07, 6.45) is 0.742. The number of nitrogens with one attached hydrogen (secondary N) is 3. The van der Waals surface area contributed by atoms with Crippen molar-refractivity contribution in [1.82, 2.24) is 25.8 Å². The maximum Gasteiger partial charge on any atom is 0.350 e. The zero-order valence-corrected chi connectivity index (χ0v) is 21.8. The standard InChI is InChI=1S/C23H23N7O9S/c1-23(2,21(36)37)39-30-18(13-8-40-22(24)28-13)15(32)3-9-12(27-19(9)34)6-26-20(35)17-5-11(29-38-17)10-4-14(31)16(33)7-25-10/h4-5,7-9,12,33H,3,6H2,1-2H3,(H2,24,28)(H,25,31)(H,26,35)(H,27,34)(H,36,37)/b30-18-/t9-,12+/m0/s1. The van der Waals surface area contributed by atoms with Gasteiger partial charge in [-0.15, -0.1) is 11.3 Å². The van der Waals surface area contributed by atoms with Crippen LogP contribution in [0.3, 0.4) is 0 Å². The molecule has 7 N–H and O–H groups in total. The smallest absolute Gasteiger partial charge is 0.350 e. The first-order valence-corrected chi connectivity index (χ1v) is 12.4. The number of aliphatic carboxylic acids is 1. The number of pyridine rings is 1. The summed E-state index contributed by atoms with van der Waals surface area (Å²) in [5, 5.41) is 32.8. The molecule has 210 valence electrons. The van der Waals surface area contributed by atoms with Crippen LogP contribution in [0, 0.1) is 5.92 Å². The fourth-order valence-electron chi connectivity index (χ4n) is 3.45. The number of aromatic amines is 1. The van der Waals surface area contributed by atoms with Crippen LogP contribution in [0.25, 0.3) is 11.4 Å². The molecule has 40 heavy (non-hydrogen) atoms. The number of carbonyl (C=O) groups is 4. The van der Waals surface area contributed by atoms with E-state index in [1.165, 1.54) is 25.3 Å². The highest BCUT2D eigenvalue weighted by Crippen LogP contribution is 2.23. The minimum absolute atomic E-state index is 0.0622. The van der Waals surface area contributed by atoms with E-state index in [-0.39, 0.29) is 46.7 Å². The van der Waals surface area contributed by atoms with Crippen molar-refractivity contribution in [3.8, 4) is 17.1 Å². The summed E-state index contributed by atoms with van der Waals surface area (Å²) < 4.78 is 5.03. The van der Waals surface area contributed by atoms with Crippen LogP contribution in [0.15, 0.2) is 38.2 Å². The molecule has 1 fully saturated rings. The van der Waals surface area contributed by atoms with Crippen molar-refractivity contribution in [1.29, 1.82) is 0 Å². The van der Waals surface area contributed by atoms with Crippen LogP contribution >= 0.6 is 11.3 Å². The zero-order valence-electron chi connectivity index (χ0n) is 21.0. The van der Waals surface area contributed by atoms with Crippen LogP contribution in [0.4, 0.5) is 5.13 Å². The maximum atomic E-state index is 13.1. The van der Waals surface area contributed by atoms with Gasteiger partial charge in [-0.3, -0.25) is 19.2 Å². The molecule has 1 saturated heterocycles. The average Bonchev–Trinajstić information content (AvgIpc) is 3.56. The van der Waals surface area contributed by atoms with Gasteiger partial charge in [-0.2, -0.15) is 0 Å². The first kappa shape index (κ1) is 28.0. The molecule has 4 rings (SSSR count). The molecule has 3 aromatic heterocycles. The molecule has 2 atom stereocenters. The number of aromatic hydroxyl groups is 1. The van der Waals surface area contributed by atoms with Gasteiger partial charge in [-0.1, -0.05) is 10.3 Å². The fourth-order valence-corrected chi connectivity index (χ4v) is 4.00. The molecular weight excluding hydrogens is 550 g/mol. The average molecular weight is 574 g/mol. The van der Waals surface area contributed by atoms with Crippen molar-refractivity contribution in [2.75, 3.05) is 12.3 Å². The number of hydrogen-bond donors (Lipinski definition) is 6. The summed E-state index contributed by atoms with van der Waals surface area (Å²) in [7, 11) is 0. The van der Waals surface area contributed by atoms with E-state index in [9.17, 15) is 34.2 Å². The minimum Gasteiger partial charge on any atom is -0.503 e. The van der Waals surface area contributed by atoms with Crippen LogP contribution < -0.4 is 21.8 Å². The van der Waals surface area contributed by atoms with Gasteiger partial charge in [0.2, 0.25) is 22.7 Å². The van der Waals surface area contributed by atoms with Crippen molar-refractivity contribution < 1.29 is 38.8 Å². The van der Waals surface area contributed by atoms with Crippen molar-refractivity contribution >= 4 is 45.7 Å². The number of oxime groups is 1. The molecule has 0 aromatic carbocycles. The Labute approximate surface area is 228 Å². The minimum atomic E-state index is -1.74. The summed E-state index contributed by atoms with van der Waals surface area (Å²) >= 11 is 1.03. The van der Waals surface area contributed by atoms with Gasteiger partial charge in [-0.25, -0.2) is 9.78 Å². The number of thiazole rings is 1. The largest absolute Gasteiger partial charge is 0.503 e. The molecule has 0 bridgehead atoms. The second-order valence-electron chi connectivity index (χ2n) is 9.15. The number of anilines is 1. The Morgan fingerprint density at radius 2 is 2.05 bits per heavy atom. The number of ketones is 1. The van der Waals surface area contributed by atoms with Gasteiger partial charge in [0.15, 0.2) is 22.4 Å². The number of rotatable bonds is 11. The van der Waals surface area contributed by atoms with Gasteiger partial charge < -0.3 is 40.9 Å². The Morgan fingerprint density at radius 3 is 2.67 bits per heavy atom. The molecule has 1 aliphatic heterocycles. The third kappa shape index (κ3) is 5.98. The first-order valence-electron chi connectivity index (χ1n) is 11.6. The van der Waals surface area contributed by atoms with E-state index in [2.05, 4.69) is 30.9 Å². The Kier molecular flexibility index (Phi) is 7.67. The molecule has 16 nitrogen and oxygen atoms in total. The number of carbonyl (C=O) groups excluding carboxylic acids is 3. The zero-order chi connectivity index (χ0) is 29.2. The summed E-state index contributed by atoms with van der Waals surface area (Å²) in [6.45, 7) is 2.43. The number of Topliss-reactive ketones (excluding diaryl/α,β-unsaturated/α-hetero) is 1. The van der Waals surface area contributed by atoms with E-state index < -0.39 is 52.3 Å². The predicted octanol–water partition coefficient (Wildman–Crippen LogP) is -0.138. The van der Waals surface area contributed by atoms with E-state index in [4.69, 9.17) is 15.1 Å². The van der Waals surface area contributed by atoms with Crippen molar-refractivity contribution in [3.05, 3.63) is 45.4 Å². The van der Waals surface area contributed by atoms with Gasteiger partial charge >= 0.3 is 5.97 Å². The van der Waals surface area contributed by atoms with Crippen molar-refractivity contribution in [2.24, 2.45) is 11.1 Å². The topological polar surface area (TPSA) is 252 Å². The second-order valence-corrected chi connectivity index (χ2v) is 10.0.